The molecule has 0 saturated carbocycles. The van der Waals surface area contributed by atoms with Crippen molar-refractivity contribution in [2.24, 2.45) is 7.05 Å². The summed E-state index contributed by atoms with van der Waals surface area (Å²) in [6.07, 6.45) is 4.51. The third-order valence-electron chi connectivity index (χ3n) is 4.57. The Bertz CT molecular complexity index is 775. The van der Waals surface area contributed by atoms with Crippen molar-refractivity contribution in [2.45, 2.75) is 25.4 Å². The minimum Gasteiger partial charge on any atom is -0.353 e. The zero-order valence-electron chi connectivity index (χ0n) is 13.2. The number of aromatic nitrogens is 5. The molecule has 6 nitrogen and oxygen atoms in total. The minimum absolute atomic E-state index is 0.441. The standard InChI is InChI=1S/C17H20N6/c1-21-11-5-9-15(21)16-10-6-12-22(16)13-17-18-19-20-23(17)14-7-3-2-4-8-14/h2-5,7-9,11,16H,6,10,12-13H2,1H3. The predicted octanol–water partition coefficient (Wildman–Crippen LogP) is 2.34. The quantitative estimate of drug-likeness (QED) is 0.742. The van der Waals surface area contributed by atoms with Gasteiger partial charge in [-0.15, -0.1) is 5.10 Å². The second-order valence-corrected chi connectivity index (χ2v) is 6.01. The molecule has 0 spiro atoms. The second-order valence-electron chi connectivity index (χ2n) is 6.01. The van der Waals surface area contributed by atoms with Crippen LogP contribution in [0.25, 0.3) is 5.69 Å². The van der Waals surface area contributed by atoms with Crippen LogP contribution in [0.1, 0.15) is 30.4 Å². The Morgan fingerprint density at radius 3 is 2.78 bits per heavy atom. The first-order chi connectivity index (χ1) is 11.3. The average molecular weight is 308 g/mol. The first kappa shape index (κ1) is 14.1. The molecule has 0 radical (unpaired) electrons. The predicted molar refractivity (Wildman–Crippen MR) is 87.0 cm³/mol. The summed E-state index contributed by atoms with van der Waals surface area (Å²) >= 11 is 0. The van der Waals surface area contributed by atoms with E-state index in [1.165, 1.54) is 18.5 Å². The lowest BCUT2D eigenvalue weighted by molar-refractivity contribution is 0.233. The van der Waals surface area contributed by atoms with Crippen LogP contribution in [0.15, 0.2) is 48.7 Å². The van der Waals surface area contributed by atoms with Gasteiger partial charge in [0, 0.05) is 18.9 Å². The minimum atomic E-state index is 0.441. The molecule has 2 aromatic heterocycles. The normalized spacial score (nSPS) is 18.6. The molecule has 118 valence electrons. The number of likely N-dealkylation sites (tertiary alicyclic amines) is 1. The number of para-hydroxylation sites is 1. The van der Waals surface area contributed by atoms with Crippen molar-refractivity contribution < 1.29 is 0 Å². The lowest BCUT2D eigenvalue weighted by Gasteiger charge is -2.24. The summed E-state index contributed by atoms with van der Waals surface area (Å²) in [6, 6.07) is 14.8. The fourth-order valence-corrected chi connectivity index (χ4v) is 3.43. The molecule has 1 atom stereocenters. The summed E-state index contributed by atoms with van der Waals surface area (Å²) in [4.78, 5) is 2.47. The van der Waals surface area contributed by atoms with Crippen molar-refractivity contribution in [1.29, 1.82) is 0 Å². The molecule has 0 N–H and O–H groups in total. The van der Waals surface area contributed by atoms with Crippen LogP contribution in [-0.4, -0.2) is 36.2 Å². The molecule has 3 heterocycles. The number of hydrogen-bond donors (Lipinski definition) is 0. The topological polar surface area (TPSA) is 51.8 Å². The van der Waals surface area contributed by atoms with Crippen molar-refractivity contribution >= 4 is 0 Å². The SMILES string of the molecule is Cn1cccc1C1CCCN1Cc1nnnn1-c1ccccc1. The maximum Gasteiger partial charge on any atom is 0.170 e. The highest BCUT2D eigenvalue weighted by molar-refractivity contribution is 5.30. The molecule has 23 heavy (non-hydrogen) atoms. The van der Waals surface area contributed by atoms with Crippen molar-refractivity contribution in [3.63, 3.8) is 0 Å². The van der Waals surface area contributed by atoms with E-state index in [0.29, 0.717) is 6.04 Å². The summed E-state index contributed by atoms with van der Waals surface area (Å²) in [7, 11) is 2.11. The van der Waals surface area contributed by atoms with Crippen LogP contribution in [-0.2, 0) is 13.6 Å². The third-order valence-corrected chi connectivity index (χ3v) is 4.57. The Hall–Kier alpha value is -2.47. The van der Waals surface area contributed by atoms with Crippen molar-refractivity contribution in [1.82, 2.24) is 29.7 Å². The van der Waals surface area contributed by atoms with Gasteiger partial charge < -0.3 is 4.57 Å². The molecule has 3 aromatic rings. The molecular weight excluding hydrogens is 288 g/mol. The Balaban J connectivity index is 1.59. The van der Waals surface area contributed by atoms with Crippen LogP contribution in [0.5, 0.6) is 0 Å². The Kier molecular flexibility index (Phi) is 3.67. The van der Waals surface area contributed by atoms with Crippen LogP contribution in [0.2, 0.25) is 0 Å². The number of aryl methyl sites for hydroxylation is 1. The van der Waals surface area contributed by atoms with E-state index in [4.69, 9.17) is 0 Å². The van der Waals surface area contributed by atoms with Crippen LogP contribution in [0, 0.1) is 0 Å². The van der Waals surface area contributed by atoms with Gasteiger partial charge in [-0.3, -0.25) is 4.90 Å². The van der Waals surface area contributed by atoms with Crippen LogP contribution >= 0.6 is 0 Å². The van der Waals surface area contributed by atoms with Gasteiger partial charge in [-0.25, -0.2) is 0 Å². The largest absolute Gasteiger partial charge is 0.353 e. The summed E-state index contributed by atoms with van der Waals surface area (Å²) in [5, 5.41) is 12.3. The molecule has 1 fully saturated rings. The van der Waals surface area contributed by atoms with E-state index in [1.54, 1.807) is 0 Å². The number of nitrogens with zero attached hydrogens (tertiary/aromatic N) is 6. The Morgan fingerprint density at radius 2 is 2.00 bits per heavy atom. The van der Waals surface area contributed by atoms with Crippen molar-refractivity contribution in [2.75, 3.05) is 6.54 Å². The first-order valence-corrected chi connectivity index (χ1v) is 8.01. The first-order valence-electron chi connectivity index (χ1n) is 8.01. The van der Waals surface area contributed by atoms with Gasteiger partial charge in [-0.05, 0) is 54.1 Å². The maximum atomic E-state index is 4.25. The van der Waals surface area contributed by atoms with Gasteiger partial charge in [0.15, 0.2) is 5.82 Å². The molecule has 1 aliphatic heterocycles. The van der Waals surface area contributed by atoms with Gasteiger partial charge >= 0.3 is 0 Å². The molecule has 1 unspecified atom stereocenters. The molecule has 6 heteroatoms. The fourth-order valence-electron chi connectivity index (χ4n) is 3.43. The zero-order chi connectivity index (χ0) is 15.6. The number of benzene rings is 1. The van der Waals surface area contributed by atoms with Gasteiger partial charge in [0.2, 0.25) is 0 Å². The van der Waals surface area contributed by atoms with E-state index in [2.05, 4.69) is 50.4 Å². The summed E-state index contributed by atoms with van der Waals surface area (Å²) in [5.74, 6) is 0.886. The van der Waals surface area contributed by atoms with E-state index in [-0.39, 0.29) is 0 Å². The zero-order valence-corrected chi connectivity index (χ0v) is 13.2. The summed E-state index contributed by atoms with van der Waals surface area (Å²) < 4.78 is 4.05. The van der Waals surface area contributed by atoms with Crippen LogP contribution in [0.3, 0.4) is 0 Å². The molecule has 1 aliphatic rings. The number of tetrazole rings is 1. The van der Waals surface area contributed by atoms with Gasteiger partial charge in [-0.1, -0.05) is 18.2 Å². The lowest BCUT2D eigenvalue weighted by Crippen LogP contribution is -2.26. The highest BCUT2D eigenvalue weighted by Gasteiger charge is 2.29. The molecular formula is C17H20N6. The Morgan fingerprint density at radius 1 is 1.13 bits per heavy atom. The molecule has 0 amide bonds. The molecule has 1 saturated heterocycles. The molecule has 1 aromatic carbocycles. The Labute approximate surface area is 135 Å². The number of rotatable bonds is 4. The van der Waals surface area contributed by atoms with E-state index in [1.807, 2.05) is 35.0 Å². The van der Waals surface area contributed by atoms with Crippen LogP contribution < -0.4 is 0 Å². The fraction of sp³-hybridized carbons (Fsp3) is 0.353. The lowest BCUT2D eigenvalue weighted by atomic mass is 10.1. The van der Waals surface area contributed by atoms with Gasteiger partial charge in [0.1, 0.15) is 0 Å². The second kappa shape index (κ2) is 5.96. The van der Waals surface area contributed by atoms with E-state index >= 15 is 0 Å². The van der Waals surface area contributed by atoms with E-state index < -0.39 is 0 Å². The van der Waals surface area contributed by atoms with E-state index in [9.17, 15) is 0 Å². The van der Waals surface area contributed by atoms with Crippen LogP contribution in [0.4, 0.5) is 0 Å². The monoisotopic (exact) mass is 308 g/mol. The van der Waals surface area contributed by atoms with Crippen molar-refractivity contribution in [3.8, 4) is 5.69 Å². The molecule has 0 bridgehead atoms. The average Bonchev–Trinajstić information content (AvgIpc) is 3.30. The van der Waals surface area contributed by atoms with Gasteiger partial charge in [0.25, 0.3) is 0 Å². The number of hydrogen-bond acceptors (Lipinski definition) is 4. The van der Waals surface area contributed by atoms with Crippen molar-refractivity contribution in [3.05, 3.63) is 60.2 Å². The van der Waals surface area contributed by atoms with Gasteiger partial charge in [-0.2, -0.15) is 4.68 Å². The summed E-state index contributed by atoms with van der Waals surface area (Å²) in [5.41, 5.74) is 2.36. The molecule has 4 rings (SSSR count). The smallest absolute Gasteiger partial charge is 0.170 e. The third kappa shape index (κ3) is 2.66. The maximum absolute atomic E-state index is 4.25. The van der Waals surface area contributed by atoms with Gasteiger partial charge in [0.05, 0.1) is 18.3 Å². The highest BCUT2D eigenvalue weighted by atomic mass is 15.5. The molecule has 0 aliphatic carbocycles. The van der Waals surface area contributed by atoms with E-state index in [0.717, 1.165) is 24.6 Å². The summed E-state index contributed by atoms with van der Waals surface area (Å²) in [6.45, 7) is 1.84. The highest BCUT2D eigenvalue weighted by Crippen LogP contribution is 2.32.